The van der Waals surface area contributed by atoms with E-state index in [-0.39, 0.29) is 18.4 Å². The number of hydrogen-bond donors (Lipinski definition) is 1. The minimum absolute atomic E-state index is 0.00358. The second-order valence-corrected chi connectivity index (χ2v) is 5.82. The molecule has 2 amide bonds. The molecule has 0 aromatic heterocycles. The molecule has 1 heterocycles. The van der Waals surface area contributed by atoms with Gasteiger partial charge in [0.05, 0.1) is 11.4 Å². The summed E-state index contributed by atoms with van der Waals surface area (Å²) in [6.07, 6.45) is -0.112. The maximum absolute atomic E-state index is 12.9. The molecule has 1 aliphatic heterocycles. The fourth-order valence-electron chi connectivity index (χ4n) is 2.69. The Balaban J connectivity index is 1.83. The zero-order valence-corrected chi connectivity index (χ0v) is 13.8. The number of hydrogen-bond acceptors (Lipinski definition) is 3. The minimum Gasteiger partial charge on any atom is -0.481 e. The van der Waals surface area contributed by atoms with Gasteiger partial charge in [-0.25, -0.2) is 0 Å². The van der Waals surface area contributed by atoms with Crippen LogP contribution in [0.2, 0.25) is 0 Å². The van der Waals surface area contributed by atoms with E-state index < -0.39 is 6.10 Å². The number of ether oxygens (including phenoxy) is 1. The van der Waals surface area contributed by atoms with Crippen LogP contribution in [0.4, 0.5) is 11.4 Å². The molecule has 1 aliphatic rings. The van der Waals surface area contributed by atoms with E-state index in [0.717, 1.165) is 5.56 Å². The number of para-hydroxylation sites is 2. The average Bonchev–Trinajstić information content (AvgIpc) is 2.60. The fraction of sp³-hybridized carbons (Fsp3) is 0.263. The summed E-state index contributed by atoms with van der Waals surface area (Å²) >= 11 is 0. The average molecular weight is 324 g/mol. The van der Waals surface area contributed by atoms with E-state index >= 15 is 0 Å². The summed E-state index contributed by atoms with van der Waals surface area (Å²) in [6, 6.07) is 14.9. The molecule has 1 N–H and O–H groups in total. The van der Waals surface area contributed by atoms with E-state index in [2.05, 4.69) is 5.32 Å². The summed E-state index contributed by atoms with van der Waals surface area (Å²) in [5, 5.41) is 2.78. The molecule has 5 nitrogen and oxygen atoms in total. The van der Waals surface area contributed by atoms with Crippen molar-refractivity contribution < 1.29 is 14.3 Å². The van der Waals surface area contributed by atoms with Crippen LogP contribution in [0.1, 0.15) is 18.9 Å². The Kier molecular flexibility index (Phi) is 4.51. The van der Waals surface area contributed by atoms with Crippen molar-refractivity contribution in [3.8, 4) is 5.75 Å². The monoisotopic (exact) mass is 324 g/mol. The molecule has 0 spiro atoms. The largest absolute Gasteiger partial charge is 0.481 e. The molecule has 3 rings (SSSR count). The smallest absolute Gasteiger partial charge is 0.268 e. The highest BCUT2D eigenvalue weighted by atomic mass is 16.5. The van der Waals surface area contributed by atoms with Crippen LogP contribution in [0.25, 0.3) is 0 Å². The molecule has 24 heavy (non-hydrogen) atoms. The van der Waals surface area contributed by atoms with Gasteiger partial charge in [0.15, 0.2) is 6.10 Å². The van der Waals surface area contributed by atoms with Gasteiger partial charge >= 0.3 is 0 Å². The first-order valence-electron chi connectivity index (χ1n) is 8.02. The normalized spacial score (nSPS) is 14.6. The van der Waals surface area contributed by atoms with Crippen LogP contribution >= 0.6 is 0 Å². The van der Waals surface area contributed by atoms with Crippen molar-refractivity contribution in [3.63, 3.8) is 0 Å². The van der Waals surface area contributed by atoms with Gasteiger partial charge in [-0.15, -0.1) is 0 Å². The first-order valence-corrected chi connectivity index (χ1v) is 8.02. The molecule has 0 aliphatic carbocycles. The Hall–Kier alpha value is -2.82. The second-order valence-electron chi connectivity index (χ2n) is 5.82. The van der Waals surface area contributed by atoms with Crippen molar-refractivity contribution in [2.24, 2.45) is 0 Å². The van der Waals surface area contributed by atoms with Crippen molar-refractivity contribution in [2.45, 2.75) is 26.4 Å². The van der Waals surface area contributed by atoms with Gasteiger partial charge in [-0.05, 0) is 37.6 Å². The number of aryl methyl sites for hydroxylation is 1. The molecule has 124 valence electrons. The van der Waals surface area contributed by atoms with Gasteiger partial charge in [-0.3, -0.25) is 14.5 Å². The van der Waals surface area contributed by atoms with Crippen molar-refractivity contribution in [1.29, 1.82) is 0 Å². The van der Waals surface area contributed by atoms with E-state index in [0.29, 0.717) is 23.5 Å². The highest BCUT2D eigenvalue weighted by molar-refractivity contribution is 6.11. The third kappa shape index (κ3) is 3.25. The standard InChI is InChI=1S/C19H20N2O3/c1-3-17(24-14-10-8-13(2)9-11-14)19(23)21-12-18(22)20-15-6-4-5-7-16(15)21/h4-11,17H,3,12H2,1-2H3,(H,20,22)/t17-/m1/s1. The summed E-state index contributed by atoms with van der Waals surface area (Å²) < 4.78 is 5.86. The van der Waals surface area contributed by atoms with Gasteiger partial charge in [0.1, 0.15) is 12.3 Å². The van der Waals surface area contributed by atoms with Crippen LogP contribution in [-0.2, 0) is 9.59 Å². The summed E-state index contributed by atoms with van der Waals surface area (Å²) in [7, 11) is 0. The van der Waals surface area contributed by atoms with Crippen molar-refractivity contribution in [3.05, 3.63) is 54.1 Å². The van der Waals surface area contributed by atoms with E-state index in [1.54, 1.807) is 6.07 Å². The van der Waals surface area contributed by atoms with Gasteiger partial charge in [0, 0.05) is 0 Å². The molecular weight excluding hydrogens is 304 g/mol. The van der Waals surface area contributed by atoms with Crippen LogP contribution in [0, 0.1) is 6.92 Å². The number of rotatable bonds is 4. The molecule has 0 saturated heterocycles. The van der Waals surface area contributed by atoms with Crippen LogP contribution in [0.15, 0.2) is 48.5 Å². The molecule has 2 aromatic carbocycles. The van der Waals surface area contributed by atoms with Crippen LogP contribution in [0.3, 0.4) is 0 Å². The third-order valence-electron chi connectivity index (χ3n) is 3.98. The number of carbonyl (C=O) groups is 2. The second kappa shape index (κ2) is 6.74. The van der Waals surface area contributed by atoms with Gasteiger partial charge in [0.2, 0.25) is 5.91 Å². The van der Waals surface area contributed by atoms with E-state index in [1.807, 2.05) is 56.3 Å². The number of amides is 2. The van der Waals surface area contributed by atoms with Crippen molar-refractivity contribution in [1.82, 2.24) is 0 Å². The first-order chi connectivity index (χ1) is 11.6. The van der Waals surface area contributed by atoms with Gasteiger partial charge < -0.3 is 10.1 Å². The summed E-state index contributed by atoms with van der Waals surface area (Å²) in [6.45, 7) is 3.89. The fourth-order valence-corrected chi connectivity index (χ4v) is 2.69. The number of nitrogens with zero attached hydrogens (tertiary/aromatic N) is 1. The SMILES string of the molecule is CC[C@@H](Oc1ccc(C)cc1)C(=O)N1CC(=O)Nc2ccccc21. The third-order valence-corrected chi connectivity index (χ3v) is 3.98. The van der Waals surface area contributed by atoms with Crippen LogP contribution in [-0.4, -0.2) is 24.5 Å². The van der Waals surface area contributed by atoms with E-state index in [4.69, 9.17) is 4.74 Å². The molecule has 2 aromatic rings. The molecule has 0 fully saturated rings. The zero-order chi connectivity index (χ0) is 17.1. The number of anilines is 2. The summed E-state index contributed by atoms with van der Waals surface area (Å²) in [5.41, 5.74) is 2.48. The number of benzene rings is 2. The number of fused-ring (bicyclic) bond motifs is 1. The predicted octanol–water partition coefficient (Wildman–Crippen LogP) is 3.14. The lowest BCUT2D eigenvalue weighted by atomic mass is 10.1. The molecule has 0 radical (unpaired) electrons. The zero-order valence-electron chi connectivity index (χ0n) is 13.8. The summed E-state index contributed by atoms with van der Waals surface area (Å²) in [5.74, 6) is 0.239. The van der Waals surface area contributed by atoms with E-state index in [1.165, 1.54) is 4.90 Å². The Morgan fingerprint density at radius 1 is 1.21 bits per heavy atom. The van der Waals surface area contributed by atoms with Crippen molar-refractivity contribution in [2.75, 3.05) is 16.8 Å². The lowest BCUT2D eigenvalue weighted by Gasteiger charge is -2.31. The predicted molar refractivity (Wildman–Crippen MR) is 93.3 cm³/mol. The Bertz CT molecular complexity index is 755. The topological polar surface area (TPSA) is 58.6 Å². The molecule has 5 heteroatoms. The maximum Gasteiger partial charge on any atom is 0.268 e. The number of carbonyl (C=O) groups excluding carboxylic acids is 2. The molecule has 0 unspecified atom stereocenters. The quantitative estimate of drug-likeness (QED) is 0.940. The van der Waals surface area contributed by atoms with Gasteiger partial charge in [0.25, 0.3) is 5.91 Å². The molecule has 1 atom stereocenters. The maximum atomic E-state index is 12.9. The van der Waals surface area contributed by atoms with Crippen molar-refractivity contribution >= 4 is 23.2 Å². The number of nitrogens with one attached hydrogen (secondary N) is 1. The van der Waals surface area contributed by atoms with Crippen LogP contribution < -0.4 is 15.0 Å². The Labute approximate surface area is 141 Å². The lowest BCUT2D eigenvalue weighted by molar-refractivity contribution is -0.127. The summed E-state index contributed by atoms with van der Waals surface area (Å²) in [4.78, 5) is 26.3. The lowest BCUT2D eigenvalue weighted by Crippen LogP contribution is -2.48. The highest BCUT2D eigenvalue weighted by Crippen LogP contribution is 2.30. The molecule has 0 bridgehead atoms. The van der Waals surface area contributed by atoms with E-state index in [9.17, 15) is 9.59 Å². The molecular formula is C19H20N2O3. The molecule has 0 saturated carbocycles. The first kappa shape index (κ1) is 16.1. The Morgan fingerprint density at radius 3 is 2.62 bits per heavy atom. The highest BCUT2D eigenvalue weighted by Gasteiger charge is 2.31. The minimum atomic E-state index is -0.633. The van der Waals surface area contributed by atoms with Gasteiger partial charge in [-0.1, -0.05) is 36.8 Å². The Morgan fingerprint density at radius 2 is 1.92 bits per heavy atom. The van der Waals surface area contributed by atoms with Gasteiger partial charge in [-0.2, -0.15) is 0 Å². The van der Waals surface area contributed by atoms with Crippen LogP contribution in [0.5, 0.6) is 5.75 Å².